The Hall–Kier alpha value is -0.800. The Morgan fingerprint density at radius 2 is 1.82 bits per heavy atom. The van der Waals surface area contributed by atoms with Gasteiger partial charge in [-0.1, -0.05) is 19.8 Å². The van der Waals surface area contributed by atoms with Crippen molar-refractivity contribution in [3.63, 3.8) is 0 Å². The van der Waals surface area contributed by atoms with E-state index in [0.29, 0.717) is 6.73 Å². The minimum Gasteiger partial charge on any atom is -1.00 e. The molecule has 0 radical (unpaired) electrons. The van der Waals surface area contributed by atoms with E-state index in [1.54, 1.807) is 0 Å². The molecule has 0 amide bonds. The molecule has 0 unspecified atom stereocenters. The van der Waals surface area contributed by atoms with Crippen LogP contribution in [0.2, 0.25) is 0 Å². The van der Waals surface area contributed by atoms with Gasteiger partial charge in [-0.05, 0) is 6.42 Å². The molecule has 0 aliphatic rings. The first-order valence-corrected chi connectivity index (χ1v) is 5.98. The third-order valence-electron chi connectivity index (χ3n) is 2.52. The van der Waals surface area contributed by atoms with E-state index < -0.39 is 0 Å². The van der Waals surface area contributed by atoms with E-state index in [9.17, 15) is 0 Å². The van der Waals surface area contributed by atoms with Gasteiger partial charge < -0.3 is 22.0 Å². The van der Waals surface area contributed by atoms with Crippen molar-refractivity contribution in [1.29, 1.82) is 0 Å². The van der Waals surface area contributed by atoms with Crippen molar-refractivity contribution < 1.29 is 21.7 Å². The second kappa shape index (κ2) is 9.25. The zero-order chi connectivity index (χ0) is 11.8. The maximum absolute atomic E-state index is 5.57. The van der Waals surface area contributed by atoms with Crippen molar-refractivity contribution in [2.75, 3.05) is 25.6 Å². The summed E-state index contributed by atoms with van der Waals surface area (Å²) in [4.78, 5) is 2.09. The van der Waals surface area contributed by atoms with Crippen LogP contribution in [0, 0.1) is 0 Å². The second-order valence-corrected chi connectivity index (χ2v) is 4.21. The standard InChI is InChI=1S/C13H23N2O.ClH/c1-4-5-6-11-16-12-15-9-7-13(8-10-15)14(2)3;/h7-10H,4-6,11-12H2,1-3H3;1H/q+1;/p-1. The van der Waals surface area contributed by atoms with Gasteiger partial charge in [0.1, 0.15) is 0 Å². The minimum atomic E-state index is 0. The highest BCUT2D eigenvalue weighted by molar-refractivity contribution is 5.41. The van der Waals surface area contributed by atoms with Gasteiger partial charge in [0.25, 0.3) is 6.73 Å². The number of hydrogen-bond donors (Lipinski definition) is 0. The van der Waals surface area contributed by atoms with Crippen molar-refractivity contribution in [1.82, 2.24) is 0 Å². The molecule has 0 saturated heterocycles. The molecule has 0 bridgehead atoms. The van der Waals surface area contributed by atoms with E-state index in [0.717, 1.165) is 13.0 Å². The van der Waals surface area contributed by atoms with Crippen LogP contribution in [0.25, 0.3) is 0 Å². The van der Waals surface area contributed by atoms with Crippen molar-refractivity contribution in [2.45, 2.75) is 32.9 Å². The molecular weight excluding hydrogens is 236 g/mol. The molecule has 0 atom stereocenters. The van der Waals surface area contributed by atoms with Gasteiger partial charge in [0.05, 0.1) is 6.61 Å². The number of hydrogen-bond acceptors (Lipinski definition) is 2. The molecule has 0 aromatic carbocycles. The maximum atomic E-state index is 5.57. The Labute approximate surface area is 111 Å². The Morgan fingerprint density at radius 3 is 2.35 bits per heavy atom. The van der Waals surface area contributed by atoms with Crippen LogP contribution in [0.4, 0.5) is 5.69 Å². The second-order valence-electron chi connectivity index (χ2n) is 4.21. The summed E-state index contributed by atoms with van der Waals surface area (Å²) in [6.45, 7) is 3.71. The lowest BCUT2D eigenvalue weighted by Gasteiger charge is -2.10. The van der Waals surface area contributed by atoms with Gasteiger partial charge in [0.15, 0.2) is 12.4 Å². The Balaban J connectivity index is 0.00000256. The van der Waals surface area contributed by atoms with Gasteiger partial charge >= 0.3 is 0 Å². The molecule has 1 rings (SSSR count). The number of unbranched alkanes of at least 4 members (excludes halogenated alkanes) is 2. The smallest absolute Gasteiger partial charge is 0.252 e. The molecule has 0 saturated carbocycles. The van der Waals surface area contributed by atoms with Crippen LogP contribution in [-0.4, -0.2) is 20.7 Å². The molecule has 3 nitrogen and oxygen atoms in total. The highest BCUT2D eigenvalue weighted by Crippen LogP contribution is 2.05. The number of rotatable bonds is 7. The zero-order valence-corrected chi connectivity index (χ0v) is 11.8. The van der Waals surface area contributed by atoms with Crippen LogP contribution in [0.15, 0.2) is 24.5 Å². The van der Waals surface area contributed by atoms with Crippen molar-refractivity contribution in [2.24, 2.45) is 0 Å². The molecule has 1 aromatic heterocycles. The van der Waals surface area contributed by atoms with Gasteiger partial charge in [-0.2, -0.15) is 4.57 Å². The lowest BCUT2D eigenvalue weighted by molar-refractivity contribution is -0.732. The van der Waals surface area contributed by atoms with Crippen LogP contribution < -0.4 is 21.9 Å². The van der Waals surface area contributed by atoms with E-state index in [2.05, 4.69) is 40.9 Å². The van der Waals surface area contributed by atoms with E-state index in [1.807, 2.05) is 14.1 Å². The van der Waals surface area contributed by atoms with Crippen LogP contribution in [0.3, 0.4) is 0 Å². The van der Waals surface area contributed by atoms with Gasteiger partial charge in [0.2, 0.25) is 0 Å². The Morgan fingerprint density at radius 1 is 1.18 bits per heavy atom. The van der Waals surface area contributed by atoms with Gasteiger partial charge in [-0.3, -0.25) is 0 Å². The van der Waals surface area contributed by atoms with Crippen molar-refractivity contribution in [3.8, 4) is 0 Å². The van der Waals surface area contributed by atoms with E-state index in [4.69, 9.17) is 4.74 Å². The summed E-state index contributed by atoms with van der Waals surface area (Å²) in [7, 11) is 4.09. The number of pyridine rings is 1. The molecule has 0 aliphatic heterocycles. The molecule has 0 spiro atoms. The number of ether oxygens (including phenoxy) is 1. The molecule has 0 fully saturated rings. The molecule has 0 N–H and O–H groups in total. The summed E-state index contributed by atoms with van der Waals surface area (Å²) in [5, 5.41) is 0. The Bertz CT molecular complexity index is 288. The summed E-state index contributed by atoms with van der Waals surface area (Å²) in [6.07, 6.45) is 7.76. The van der Waals surface area contributed by atoms with Gasteiger partial charge in [0, 0.05) is 31.9 Å². The lowest BCUT2D eigenvalue weighted by Crippen LogP contribution is -3.00. The quantitative estimate of drug-likeness (QED) is 0.471. The molecule has 4 heteroatoms. The first-order valence-electron chi connectivity index (χ1n) is 5.98. The van der Waals surface area contributed by atoms with Crippen LogP contribution in [-0.2, 0) is 11.5 Å². The van der Waals surface area contributed by atoms with E-state index in [-0.39, 0.29) is 12.4 Å². The number of anilines is 1. The number of halogens is 1. The van der Waals surface area contributed by atoms with Gasteiger partial charge in [-0.25, -0.2) is 0 Å². The fourth-order valence-electron chi connectivity index (χ4n) is 1.46. The first kappa shape index (κ1) is 16.2. The predicted molar refractivity (Wildman–Crippen MR) is 66.4 cm³/mol. The predicted octanol–water partition coefficient (Wildman–Crippen LogP) is -0.792. The largest absolute Gasteiger partial charge is 1.00 e. The highest BCUT2D eigenvalue weighted by atomic mass is 35.5. The molecular formula is C13H23ClN2O. The van der Waals surface area contributed by atoms with Crippen LogP contribution in [0.1, 0.15) is 26.2 Å². The van der Waals surface area contributed by atoms with Gasteiger partial charge in [-0.15, -0.1) is 0 Å². The SMILES string of the molecule is CCCCCOC[n+]1ccc(N(C)C)cc1.[Cl-]. The highest BCUT2D eigenvalue weighted by Gasteiger charge is 2.01. The maximum Gasteiger partial charge on any atom is 0.252 e. The fourth-order valence-corrected chi connectivity index (χ4v) is 1.46. The monoisotopic (exact) mass is 258 g/mol. The average molecular weight is 259 g/mol. The van der Waals surface area contributed by atoms with Crippen molar-refractivity contribution in [3.05, 3.63) is 24.5 Å². The molecule has 98 valence electrons. The third kappa shape index (κ3) is 6.49. The summed E-state index contributed by atoms with van der Waals surface area (Å²) in [6, 6.07) is 4.19. The number of aromatic nitrogens is 1. The minimum absolute atomic E-state index is 0. The molecule has 1 heterocycles. The molecule has 1 aromatic rings. The lowest BCUT2D eigenvalue weighted by atomic mass is 10.3. The number of nitrogens with zero attached hydrogens (tertiary/aromatic N) is 2. The van der Waals surface area contributed by atoms with Crippen LogP contribution >= 0.6 is 0 Å². The van der Waals surface area contributed by atoms with Crippen molar-refractivity contribution >= 4 is 5.69 Å². The molecule has 0 aliphatic carbocycles. The zero-order valence-electron chi connectivity index (χ0n) is 11.0. The summed E-state index contributed by atoms with van der Waals surface area (Å²) in [5.41, 5.74) is 1.21. The van der Waals surface area contributed by atoms with E-state index in [1.165, 1.54) is 18.5 Å². The van der Waals surface area contributed by atoms with E-state index >= 15 is 0 Å². The van der Waals surface area contributed by atoms with Crippen LogP contribution in [0.5, 0.6) is 0 Å². The fraction of sp³-hybridized carbons (Fsp3) is 0.615. The average Bonchev–Trinajstić information content (AvgIpc) is 2.29. The summed E-state index contributed by atoms with van der Waals surface area (Å²) >= 11 is 0. The topological polar surface area (TPSA) is 16.4 Å². The summed E-state index contributed by atoms with van der Waals surface area (Å²) in [5.74, 6) is 0. The summed E-state index contributed by atoms with van der Waals surface area (Å²) < 4.78 is 7.63. The first-order chi connectivity index (χ1) is 7.74. The normalized spacial score (nSPS) is 9.82. The Kier molecular flexibility index (Phi) is 8.82. The third-order valence-corrected chi connectivity index (χ3v) is 2.52. The molecule has 17 heavy (non-hydrogen) atoms.